The molecule has 0 fully saturated rings. The van der Waals surface area contributed by atoms with Crippen molar-refractivity contribution in [3.05, 3.63) is 39.1 Å². The Hall–Kier alpha value is -1.75. The van der Waals surface area contributed by atoms with Crippen molar-refractivity contribution in [1.82, 2.24) is 0 Å². The Kier molecular flexibility index (Phi) is 5.99. The summed E-state index contributed by atoms with van der Waals surface area (Å²) in [6.45, 7) is 10.8. The maximum atomic E-state index is 13.0. The Labute approximate surface area is 166 Å². The molecule has 1 aromatic rings. The lowest BCUT2D eigenvalue weighted by molar-refractivity contribution is -0.116. The van der Waals surface area contributed by atoms with Crippen LogP contribution < -0.4 is 0 Å². The first-order chi connectivity index (χ1) is 12.9. The highest BCUT2D eigenvalue weighted by Crippen LogP contribution is 2.46. The monoisotopic (exact) mass is 387 g/mol. The topological polar surface area (TPSA) is 58.9 Å². The van der Waals surface area contributed by atoms with Gasteiger partial charge in [0.25, 0.3) is 0 Å². The van der Waals surface area contributed by atoms with Gasteiger partial charge in [-0.25, -0.2) is 0 Å². The van der Waals surface area contributed by atoms with E-state index in [0.29, 0.717) is 37.2 Å². The first-order valence-electron chi connectivity index (χ1n) is 9.80. The van der Waals surface area contributed by atoms with Crippen molar-refractivity contribution in [3.8, 4) is 0 Å². The van der Waals surface area contributed by atoms with Gasteiger partial charge in [-0.3, -0.25) is 4.79 Å². The van der Waals surface area contributed by atoms with Gasteiger partial charge in [0.15, 0.2) is 5.78 Å². The maximum absolute atomic E-state index is 13.0. The number of benzene rings is 1. The summed E-state index contributed by atoms with van der Waals surface area (Å²) in [6, 6.07) is 0. The summed E-state index contributed by atoms with van der Waals surface area (Å²) in [5.41, 5.74) is 7.60. The van der Waals surface area contributed by atoms with Gasteiger partial charge in [-0.1, -0.05) is 12.1 Å². The number of aliphatic hydroxyl groups is 1. The molecule has 3 rings (SSSR count). The van der Waals surface area contributed by atoms with Gasteiger partial charge in [0.1, 0.15) is 12.4 Å². The van der Waals surface area contributed by atoms with Crippen LogP contribution in [0, 0.1) is 20.8 Å². The predicted molar refractivity (Wildman–Crippen MR) is 111 cm³/mol. The minimum absolute atomic E-state index is 0.0292. The molecule has 5 heteroatoms. The number of fused-ring (bicyclic) bond motifs is 1. The molecule has 0 radical (unpaired) electrons. The van der Waals surface area contributed by atoms with Gasteiger partial charge in [0, 0.05) is 23.5 Å². The molecule has 1 atom stereocenters. The zero-order chi connectivity index (χ0) is 19.7. The van der Waals surface area contributed by atoms with E-state index in [2.05, 4.69) is 25.9 Å². The van der Waals surface area contributed by atoms with Crippen molar-refractivity contribution < 1.29 is 14.7 Å². The molecular weight excluding hydrogens is 358 g/mol. The van der Waals surface area contributed by atoms with Gasteiger partial charge >= 0.3 is 0 Å². The first kappa shape index (κ1) is 20.0. The molecule has 146 valence electrons. The molecule has 0 saturated carbocycles. The highest BCUT2D eigenvalue weighted by atomic mass is 32.2. The SMILES string of the molecule is CCON=C(CC)C1=C(O)CC(c2c(C)c(C)c(C)c3c2SCC3)CC1=O. The normalized spacial score (nSPS) is 20.3. The first-order valence-corrected chi connectivity index (χ1v) is 10.8. The van der Waals surface area contributed by atoms with Gasteiger partial charge in [-0.05, 0) is 74.3 Å². The molecule has 0 aromatic heterocycles. The number of aliphatic hydroxyl groups excluding tert-OH is 1. The molecule has 0 saturated heterocycles. The number of hydrogen-bond acceptors (Lipinski definition) is 5. The van der Waals surface area contributed by atoms with E-state index in [1.54, 1.807) is 0 Å². The van der Waals surface area contributed by atoms with Crippen molar-refractivity contribution in [2.45, 2.75) is 71.1 Å². The van der Waals surface area contributed by atoms with Crippen molar-refractivity contribution >= 4 is 23.3 Å². The molecule has 1 aliphatic carbocycles. The van der Waals surface area contributed by atoms with Crippen LogP contribution in [0.1, 0.15) is 66.8 Å². The van der Waals surface area contributed by atoms with Crippen LogP contribution in [-0.2, 0) is 16.1 Å². The average Bonchev–Trinajstić information content (AvgIpc) is 3.11. The van der Waals surface area contributed by atoms with Crippen LogP contribution in [0.5, 0.6) is 0 Å². The summed E-state index contributed by atoms with van der Waals surface area (Å²) in [5.74, 6) is 1.26. The standard InChI is InChI=1S/C22H29NO3S/c1-6-17(23-26-7-2)21-18(24)10-15(11-19(21)25)20-14(5)12(3)13(4)16-8-9-27-22(16)20/h15,24H,6-11H2,1-5H3. The smallest absolute Gasteiger partial charge is 0.168 e. The molecule has 1 heterocycles. The molecule has 0 bridgehead atoms. The lowest BCUT2D eigenvalue weighted by Gasteiger charge is -2.28. The number of nitrogens with zero attached hydrogens (tertiary/aromatic N) is 1. The number of ketones is 1. The second-order valence-electron chi connectivity index (χ2n) is 7.35. The second kappa shape index (κ2) is 8.09. The van der Waals surface area contributed by atoms with Crippen molar-refractivity contribution in [3.63, 3.8) is 0 Å². The lowest BCUT2D eigenvalue weighted by Crippen LogP contribution is -2.24. The summed E-state index contributed by atoms with van der Waals surface area (Å²) in [6.07, 6.45) is 2.56. The van der Waals surface area contributed by atoms with E-state index < -0.39 is 0 Å². The van der Waals surface area contributed by atoms with E-state index in [9.17, 15) is 9.90 Å². The number of oxime groups is 1. The number of Topliss-reactive ketones (excluding diaryl/α,β-unsaturated/α-hetero) is 1. The second-order valence-corrected chi connectivity index (χ2v) is 8.46. The van der Waals surface area contributed by atoms with Crippen molar-refractivity contribution in [2.75, 3.05) is 12.4 Å². The predicted octanol–water partition coefficient (Wildman–Crippen LogP) is 5.32. The highest BCUT2D eigenvalue weighted by molar-refractivity contribution is 7.99. The molecule has 1 aliphatic heterocycles. The third-order valence-corrected chi connectivity index (χ3v) is 7.04. The van der Waals surface area contributed by atoms with Gasteiger partial charge in [0.05, 0.1) is 11.3 Å². The fraction of sp³-hybridized carbons (Fsp3) is 0.545. The van der Waals surface area contributed by atoms with Crippen LogP contribution in [0.2, 0.25) is 0 Å². The maximum Gasteiger partial charge on any atom is 0.168 e. The number of thioether (sulfide) groups is 1. The summed E-state index contributed by atoms with van der Waals surface area (Å²) >= 11 is 1.90. The molecule has 1 N–H and O–H groups in total. The van der Waals surface area contributed by atoms with E-state index in [1.807, 2.05) is 25.6 Å². The largest absolute Gasteiger partial charge is 0.511 e. The van der Waals surface area contributed by atoms with Crippen LogP contribution in [-0.4, -0.2) is 29.0 Å². The number of rotatable bonds is 5. The van der Waals surface area contributed by atoms with E-state index in [4.69, 9.17) is 4.84 Å². The molecule has 2 aliphatic rings. The Morgan fingerprint density at radius 2 is 1.93 bits per heavy atom. The van der Waals surface area contributed by atoms with Crippen LogP contribution in [0.4, 0.5) is 0 Å². The molecule has 4 nitrogen and oxygen atoms in total. The molecule has 1 unspecified atom stereocenters. The quantitative estimate of drug-likeness (QED) is 0.549. The number of carbonyl (C=O) groups excluding carboxylic acids is 1. The summed E-state index contributed by atoms with van der Waals surface area (Å²) in [5, 5.41) is 14.8. The van der Waals surface area contributed by atoms with Gasteiger partial charge < -0.3 is 9.94 Å². The lowest BCUT2D eigenvalue weighted by atomic mass is 9.77. The average molecular weight is 388 g/mol. The van der Waals surface area contributed by atoms with Crippen LogP contribution in [0.25, 0.3) is 0 Å². The van der Waals surface area contributed by atoms with Crippen LogP contribution in [0.15, 0.2) is 21.4 Å². The molecule has 27 heavy (non-hydrogen) atoms. The summed E-state index contributed by atoms with van der Waals surface area (Å²) in [4.78, 5) is 19.4. The van der Waals surface area contributed by atoms with Crippen molar-refractivity contribution in [1.29, 1.82) is 0 Å². The zero-order valence-electron chi connectivity index (χ0n) is 16.9. The van der Waals surface area contributed by atoms with Crippen LogP contribution in [0.3, 0.4) is 0 Å². The minimum atomic E-state index is -0.0292. The Morgan fingerprint density at radius 3 is 2.56 bits per heavy atom. The third-order valence-electron chi connectivity index (χ3n) is 5.87. The van der Waals surface area contributed by atoms with E-state index in [0.717, 1.165) is 12.2 Å². The molecule has 1 aromatic carbocycles. The van der Waals surface area contributed by atoms with Gasteiger partial charge in [0.2, 0.25) is 0 Å². The van der Waals surface area contributed by atoms with Crippen molar-refractivity contribution in [2.24, 2.45) is 5.16 Å². The summed E-state index contributed by atoms with van der Waals surface area (Å²) < 4.78 is 0. The summed E-state index contributed by atoms with van der Waals surface area (Å²) in [7, 11) is 0. The fourth-order valence-electron chi connectivity index (χ4n) is 4.28. The van der Waals surface area contributed by atoms with Gasteiger partial charge in [-0.15, -0.1) is 11.8 Å². The molecule has 0 spiro atoms. The fourth-order valence-corrected chi connectivity index (χ4v) is 5.70. The third kappa shape index (κ3) is 3.54. The minimum Gasteiger partial charge on any atom is -0.511 e. The van der Waals surface area contributed by atoms with E-state index in [1.165, 1.54) is 32.7 Å². The Morgan fingerprint density at radius 1 is 1.19 bits per heavy atom. The van der Waals surface area contributed by atoms with Gasteiger partial charge in [-0.2, -0.15) is 0 Å². The Balaban J connectivity index is 2.03. The van der Waals surface area contributed by atoms with E-state index >= 15 is 0 Å². The number of allylic oxidation sites excluding steroid dienone is 2. The number of hydrogen-bond donors (Lipinski definition) is 1. The Bertz CT molecular complexity index is 839. The molecule has 0 amide bonds. The number of carbonyl (C=O) groups is 1. The molecular formula is C22H29NO3S. The van der Waals surface area contributed by atoms with Crippen LogP contribution >= 0.6 is 11.8 Å². The zero-order valence-corrected chi connectivity index (χ0v) is 17.8. The highest BCUT2D eigenvalue weighted by Gasteiger charge is 2.35. The van der Waals surface area contributed by atoms with E-state index in [-0.39, 0.29) is 17.5 Å².